The molecule has 0 aromatic rings. The first-order chi connectivity index (χ1) is 6.28. The number of hydrogen-bond acceptors (Lipinski definition) is 3. The molecule has 0 radical (unpaired) electrons. The van der Waals surface area contributed by atoms with Gasteiger partial charge < -0.3 is 10.1 Å². The average molecular weight is 184 g/mol. The predicted molar refractivity (Wildman–Crippen MR) is 52.9 cm³/mol. The Bertz CT molecular complexity index is 162. The first-order valence-electron chi connectivity index (χ1n) is 5.33. The fourth-order valence-electron chi connectivity index (χ4n) is 2.33. The SMILES string of the molecule is CNC(C)CN1CC2CCC(C1)O2. The van der Waals surface area contributed by atoms with Crippen LogP contribution in [0.5, 0.6) is 0 Å². The smallest absolute Gasteiger partial charge is 0.0707 e. The average Bonchev–Trinajstić information content (AvgIpc) is 2.46. The minimum absolute atomic E-state index is 0.530. The lowest BCUT2D eigenvalue weighted by molar-refractivity contribution is -0.0399. The molecular formula is C10H20N2O. The first-order valence-corrected chi connectivity index (χ1v) is 5.33. The van der Waals surface area contributed by atoms with Gasteiger partial charge in [-0.25, -0.2) is 0 Å². The number of likely N-dealkylation sites (N-methyl/N-ethyl adjacent to an activating group) is 1. The zero-order valence-electron chi connectivity index (χ0n) is 8.62. The Labute approximate surface area is 80.4 Å². The van der Waals surface area contributed by atoms with Crippen LogP contribution in [0.4, 0.5) is 0 Å². The molecule has 2 rings (SSSR count). The molecular weight excluding hydrogens is 164 g/mol. The Kier molecular flexibility index (Phi) is 2.86. The molecule has 0 amide bonds. The van der Waals surface area contributed by atoms with E-state index >= 15 is 0 Å². The minimum Gasteiger partial charge on any atom is -0.372 e. The lowest BCUT2D eigenvalue weighted by atomic mass is 10.2. The van der Waals surface area contributed by atoms with Crippen LogP contribution in [0.15, 0.2) is 0 Å². The zero-order chi connectivity index (χ0) is 9.26. The summed E-state index contributed by atoms with van der Waals surface area (Å²) < 4.78 is 5.78. The molecule has 2 aliphatic rings. The monoisotopic (exact) mass is 184 g/mol. The van der Waals surface area contributed by atoms with Gasteiger partial charge in [-0.05, 0) is 26.8 Å². The fourth-order valence-corrected chi connectivity index (χ4v) is 2.33. The molecule has 1 N–H and O–H groups in total. The van der Waals surface area contributed by atoms with E-state index < -0.39 is 0 Å². The minimum atomic E-state index is 0.530. The van der Waals surface area contributed by atoms with Crippen molar-refractivity contribution >= 4 is 0 Å². The van der Waals surface area contributed by atoms with Crippen LogP contribution in [0.25, 0.3) is 0 Å². The van der Waals surface area contributed by atoms with Gasteiger partial charge in [-0.2, -0.15) is 0 Å². The highest BCUT2D eigenvalue weighted by atomic mass is 16.5. The van der Waals surface area contributed by atoms with E-state index in [1.54, 1.807) is 0 Å². The Balaban J connectivity index is 1.81. The van der Waals surface area contributed by atoms with Crippen LogP contribution in [0.1, 0.15) is 19.8 Å². The van der Waals surface area contributed by atoms with Crippen molar-refractivity contribution in [2.24, 2.45) is 0 Å². The number of ether oxygens (including phenoxy) is 1. The summed E-state index contributed by atoms with van der Waals surface area (Å²) in [5, 5.41) is 3.28. The zero-order valence-corrected chi connectivity index (χ0v) is 8.62. The van der Waals surface area contributed by atoms with Gasteiger partial charge in [0.15, 0.2) is 0 Å². The third-order valence-electron chi connectivity index (χ3n) is 3.14. The summed E-state index contributed by atoms with van der Waals surface area (Å²) in [6, 6.07) is 0.595. The topological polar surface area (TPSA) is 24.5 Å². The van der Waals surface area contributed by atoms with E-state index in [0.29, 0.717) is 18.2 Å². The summed E-state index contributed by atoms with van der Waals surface area (Å²) in [6.07, 6.45) is 3.61. The van der Waals surface area contributed by atoms with Gasteiger partial charge in [-0.1, -0.05) is 0 Å². The van der Waals surface area contributed by atoms with Crippen molar-refractivity contribution < 1.29 is 4.74 Å². The summed E-state index contributed by atoms with van der Waals surface area (Å²) in [6.45, 7) is 5.68. The highest BCUT2D eigenvalue weighted by Crippen LogP contribution is 2.25. The van der Waals surface area contributed by atoms with E-state index in [2.05, 4.69) is 17.1 Å². The number of fused-ring (bicyclic) bond motifs is 2. The molecule has 2 fully saturated rings. The summed E-state index contributed by atoms with van der Waals surface area (Å²) in [7, 11) is 2.03. The maximum absolute atomic E-state index is 5.78. The highest BCUT2D eigenvalue weighted by molar-refractivity contribution is 4.85. The van der Waals surface area contributed by atoms with E-state index in [9.17, 15) is 0 Å². The van der Waals surface area contributed by atoms with Crippen LogP contribution in [0.2, 0.25) is 0 Å². The number of morpholine rings is 1. The summed E-state index contributed by atoms with van der Waals surface area (Å²) in [5.74, 6) is 0. The van der Waals surface area contributed by atoms with Gasteiger partial charge in [0.05, 0.1) is 12.2 Å². The van der Waals surface area contributed by atoms with Gasteiger partial charge in [-0.3, -0.25) is 4.90 Å². The van der Waals surface area contributed by atoms with E-state index in [4.69, 9.17) is 4.74 Å². The Hall–Kier alpha value is -0.120. The number of nitrogens with one attached hydrogen (secondary N) is 1. The second-order valence-corrected chi connectivity index (χ2v) is 4.37. The van der Waals surface area contributed by atoms with Crippen LogP contribution < -0.4 is 5.32 Å². The van der Waals surface area contributed by atoms with Gasteiger partial charge in [0.2, 0.25) is 0 Å². The molecule has 3 unspecified atom stereocenters. The van der Waals surface area contributed by atoms with Crippen molar-refractivity contribution in [3.8, 4) is 0 Å². The van der Waals surface area contributed by atoms with E-state index in [-0.39, 0.29) is 0 Å². The third kappa shape index (κ3) is 2.22. The molecule has 0 aliphatic carbocycles. The summed E-state index contributed by atoms with van der Waals surface area (Å²) in [5.41, 5.74) is 0. The van der Waals surface area contributed by atoms with Gasteiger partial charge in [0, 0.05) is 25.7 Å². The number of rotatable bonds is 3. The molecule has 3 atom stereocenters. The number of nitrogens with zero attached hydrogens (tertiary/aromatic N) is 1. The van der Waals surface area contributed by atoms with Crippen molar-refractivity contribution in [2.75, 3.05) is 26.7 Å². The van der Waals surface area contributed by atoms with Crippen molar-refractivity contribution in [3.05, 3.63) is 0 Å². The molecule has 0 spiro atoms. The molecule has 2 saturated heterocycles. The van der Waals surface area contributed by atoms with Crippen LogP contribution >= 0.6 is 0 Å². The molecule has 2 heterocycles. The maximum Gasteiger partial charge on any atom is 0.0707 e. The third-order valence-corrected chi connectivity index (χ3v) is 3.14. The molecule has 13 heavy (non-hydrogen) atoms. The number of hydrogen-bond donors (Lipinski definition) is 1. The summed E-state index contributed by atoms with van der Waals surface area (Å²) in [4.78, 5) is 2.53. The molecule has 3 heteroatoms. The highest BCUT2D eigenvalue weighted by Gasteiger charge is 2.33. The van der Waals surface area contributed by atoms with E-state index in [1.807, 2.05) is 7.05 Å². The molecule has 0 aromatic heterocycles. The lowest BCUT2D eigenvalue weighted by Crippen LogP contribution is -2.47. The largest absolute Gasteiger partial charge is 0.372 e. The van der Waals surface area contributed by atoms with Crippen molar-refractivity contribution in [1.29, 1.82) is 0 Å². The molecule has 2 bridgehead atoms. The van der Waals surface area contributed by atoms with Crippen LogP contribution in [0, 0.1) is 0 Å². The standard InChI is InChI=1S/C10H20N2O/c1-8(11-2)5-12-6-9-3-4-10(7-12)13-9/h8-11H,3-7H2,1-2H3. The van der Waals surface area contributed by atoms with Crippen molar-refractivity contribution in [2.45, 2.75) is 38.0 Å². The second-order valence-electron chi connectivity index (χ2n) is 4.37. The quantitative estimate of drug-likeness (QED) is 0.689. The normalized spacial score (nSPS) is 36.5. The Morgan fingerprint density at radius 3 is 2.54 bits per heavy atom. The number of likely N-dealkylation sites (tertiary alicyclic amines) is 1. The Morgan fingerprint density at radius 2 is 2.00 bits per heavy atom. The molecule has 0 saturated carbocycles. The van der Waals surface area contributed by atoms with Gasteiger partial charge in [0.1, 0.15) is 0 Å². The Morgan fingerprint density at radius 1 is 1.38 bits per heavy atom. The summed E-state index contributed by atoms with van der Waals surface area (Å²) >= 11 is 0. The van der Waals surface area contributed by atoms with Gasteiger partial charge >= 0.3 is 0 Å². The van der Waals surface area contributed by atoms with Crippen molar-refractivity contribution in [1.82, 2.24) is 10.2 Å². The van der Waals surface area contributed by atoms with Gasteiger partial charge in [0.25, 0.3) is 0 Å². The second kappa shape index (κ2) is 3.95. The molecule has 76 valence electrons. The van der Waals surface area contributed by atoms with E-state index in [1.165, 1.54) is 12.8 Å². The van der Waals surface area contributed by atoms with Gasteiger partial charge in [-0.15, -0.1) is 0 Å². The maximum atomic E-state index is 5.78. The molecule has 0 aromatic carbocycles. The van der Waals surface area contributed by atoms with Crippen LogP contribution in [-0.4, -0.2) is 49.8 Å². The molecule has 2 aliphatic heterocycles. The molecule has 3 nitrogen and oxygen atoms in total. The first kappa shape index (κ1) is 9.44. The predicted octanol–water partition coefficient (Wildman–Crippen LogP) is 0.457. The van der Waals surface area contributed by atoms with Crippen LogP contribution in [0.3, 0.4) is 0 Å². The van der Waals surface area contributed by atoms with E-state index in [0.717, 1.165) is 19.6 Å². The lowest BCUT2D eigenvalue weighted by Gasteiger charge is -2.33. The fraction of sp³-hybridized carbons (Fsp3) is 1.00. The van der Waals surface area contributed by atoms with Crippen LogP contribution in [-0.2, 0) is 4.74 Å². The van der Waals surface area contributed by atoms with Crippen molar-refractivity contribution in [3.63, 3.8) is 0 Å².